The lowest BCUT2D eigenvalue weighted by Gasteiger charge is -2.23. The average molecular weight is 432 g/mol. The van der Waals surface area contributed by atoms with E-state index in [0.29, 0.717) is 0 Å². The summed E-state index contributed by atoms with van der Waals surface area (Å²) in [6.07, 6.45) is -1.25. The van der Waals surface area contributed by atoms with E-state index in [1.54, 1.807) is 18.5 Å². The van der Waals surface area contributed by atoms with Crippen molar-refractivity contribution in [1.82, 2.24) is 9.78 Å². The number of nitrogens with zero attached hydrogens (tertiary/aromatic N) is 2. The number of aromatic nitrogens is 2. The van der Waals surface area contributed by atoms with Gasteiger partial charge in [0.15, 0.2) is 6.61 Å². The van der Waals surface area contributed by atoms with Crippen molar-refractivity contribution in [2.45, 2.75) is 52.8 Å². The van der Waals surface area contributed by atoms with Gasteiger partial charge in [-0.25, -0.2) is 0 Å². The Kier molecular flexibility index (Phi) is 6.72. The van der Waals surface area contributed by atoms with Gasteiger partial charge in [0.2, 0.25) is 0 Å². The van der Waals surface area contributed by atoms with Crippen LogP contribution in [0.4, 0.5) is 13.2 Å². The zero-order chi connectivity index (χ0) is 22.6. The molecule has 0 aliphatic carbocycles. The minimum Gasteiger partial charge on any atom is -0.456 e. The van der Waals surface area contributed by atoms with Gasteiger partial charge in [-0.15, -0.1) is 0 Å². The third kappa shape index (κ3) is 5.66. The maximum absolute atomic E-state index is 12.4. The Balaban J connectivity index is 1.88. The smallest absolute Gasteiger partial charge is 0.422 e. The van der Waals surface area contributed by atoms with Crippen LogP contribution < -0.4 is 0 Å². The first kappa shape index (κ1) is 22.8. The molecule has 1 aromatic heterocycles. The van der Waals surface area contributed by atoms with Gasteiger partial charge >= 0.3 is 12.1 Å². The summed E-state index contributed by atoms with van der Waals surface area (Å²) >= 11 is 0. The number of carbonyl (C=O) groups excluding carboxylic acids is 1. The average Bonchev–Trinajstić information content (AvgIpc) is 3.08. The summed E-state index contributed by atoms with van der Waals surface area (Å²) in [6, 6.07) is 15.9. The molecule has 0 N–H and O–H groups in total. The molecule has 0 unspecified atom stereocenters. The van der Waals surface area contributed by atoms with Crippen LogP contribution in [0.2, 0.25) is 0 Å². The first-order chi connectivity index (χ1) is 14.6. The number of aryl methyl sites for hydroxylation is 1. The molecule has 0 atom stereocenters. The highest BCUT2D eigenvalue weighted by atomic mass is 19.4. The number of rotatable bonds is 8. The van der Waals surface area contributed by atoms with Gasteiger partial charge in [0.1, 0.15) is 5.69 Å². The molecule has 0 amide bonds. The van der Waals surface area contributed by atoms with Gasteiger partial charge in [-0.1, -0.05) is 55.8 Å². The lowest BCUT2D eigenvalue weighted by molar-refractivity contribution is -0.193. The van der Waals surface area contributed by atoms with Gasteiger partial charge in [0.05, 0.1) is 17.5 Å². The topological polar surface area (TPSA) is 44.1 Å². The van der Waals surface area contributed by atoms with E-state index in [1.165, 1.54) is 5.56 Å². The number of unbranched alkanes of at least 4 members (excludes halogenated alkanes) is 1. The number of hydrogen-bond acceptors (Lipinski definition) is 3. The van der Waals surface area contributed by atoms with E-state index < -0.39 is 24.2 Å². The fraction of sp³-hybridized carbons (Fsp3) is 0.417. The molecule has 31 heavy (non-hydrogen) atoms. The number of carbonyl (C=O) groups is 1. The highest BCUT2D eigenvalue weighted by Gasteiger charge is 2.36. The second kappa shape index (κ2) is 9.12. The Bertz CT molecular complexity index is 1040. The van der Waals surface area contributed by atoms with Crippen molar-refractivity contribution in [2.24, 2.45) is 5.41 Å². The maximum Gasteiger partial charge on any atom is 0.422 e. The van der Waals surface area contributed by atoms with Crippen LogP contribution in [-0.4, -0.2) is 28.5 Å². The Morgan fingerprint density at radius 2 is 1.74 bits per heavy atom. The fourth-order valence-electron chi connectivity index (χ4n) is 3.45. The normalized spacial score (nSPS) is 12.3. The summed E-state index contributed by atoms with van der Waals surface area (Å²) in [4.78, 5) is 12.3. The number of ether oxygens (including phenoxy) is 1. The third-order valence-corrected chi connectivity index (χ3v) is 5.17. The molecule has 166 valence electrons. The Labute approximate surface area is 180 Å². The van der Waals surface area contributed by atoms with Gasteiger partial charge in [-0.2, -0.15) is 18.3 Å². The van der Waals surface area contributed by atoms with Crippen molar-refractivity contribution < 1.29 is 22.7 Å². The lowest BCUT2D eigenvalue weighted by atomic mass is 9.94. The molecule has 0 radical (unpaired) electrons. The number of esters is 1. The molecule has 2 aromatic carbocycles. The van der Waals surface area contributed by atoms with Gasteiger partial charge in [0, 0.05) is 10.9 Å². The number of benzene rings is 2. The standard InChI is InChI=1S/C24H27F3N2O2/c1-4-5-8-17-11-13-18(14-12-17)21-19-9-6-7-10-20(19)29(28-21)15-23(2,3)22(30)31-16-24(25,26)27/h6-7,9-14H,4-5,8,15-16H2,1-3H3. The molecule has 0 saturated heterocycles. The number of hydrogen-bond donors (Lipinski definition) is 0. The molecular weight excluding hydrogens is 405 g/mol. The largest absolute Gasteiger partial charge is 0.456 e. The lowest BCUT2D eigenvalue weighted by Crippen LogP contribution is -2.34. The summed E-state index contributed by atoms with van der Waals surface area (Å²) in [5.74, 6) is -0.911. The van der Waals surface area contributed by atoms with E-state index in [9.17, 15) is 18.0 Å². The van der Waals surface area contributed by atoms with Gasteiger partial charge in [0.25, 0.3) is 0 Å². The highest BCUT2D eigenvalue weighted by Crippen LogP contribution is 2.31. The molecule has 0 aliphatic rings. The Morgan fingerprint density at radius 3 is 2.39 bits per heavy atom. The van der Waals surface area contributed by atoms with Crippen LogP contribution in [0.25, 0.3) is 22.2 Å². The van der Waals surface area contributed by atoms with Crippen LogP contribution in [0, 0.1) is 5.41 Å². The van der Waals surface area contributed by atoms with Crippen molar-refractivity contribution in [3.05, 3.63) is 54.1 Å². The van der Waals surface area contributed by atoms with Crippen LogP contribution >= 0.6 is 0 Å². The molecule has 4 nitrogen and oxygen atoms in total. The van der Waals surface area contributed by atoms with Crippen molar-refractivity contribution >= 4 is 16.9 Å². The van der Waals surface area contributed by atoms with Crippen LogP contribution in [0.3, 0.4) is 0 Å². The zero-order valence-corrected chi connectivity index (χ0v) is 18.0. The predicted molar refractivity (Wildman–Crippen MR) is 115 cm³/mol. The molecule has 1 heterocycles. The number of para-hydroxylation sites is 1. The van der Waals surface area contributed by atoms with E-state index >= 15 is 0 Å². The van der Waals surface area contributed by atoms with E-state index in [0.717, 1.165) is 41.4 Å². The summed E-state index contributed by atoms with van der Waals surface area (Å²) in [5, 5.41) is 5.63. The minimum atomic E-state index is -4.55. The summed E-state index contributed by atoms with van der Waals surface area (Å²) in [5.41, 5.74) is 2.62. The van der Waals surface area contributed by atoms with Crippen LogP contribution in [0.5, 0.6) is 0 Å². The predicted octanol–water partition coefficient (Wildman–Crippen LogP) is 6.18. The van der Waals surface area contributed by atoms with Gasteiger partial charge in [-0.05, 0) is 38.3 Å². The Morgan fingerprint density at radius 1 is 1.06 bits per heavy atom. The zero-order valence-electron chi connectivity index (χ0n) is 18.0. The quantitative estimate of drug-likeness (QED) is 0.400. The third-order valence-electron chi connectivity index (χ3n) is 5.17. The van der Waals surface area contributed by atoms with E-state index in [4.69, 9.17) is 5.10 Å². The first-order valence-electron chi connectivity index (χ1n) is 10.4. The molecule has 0 bridgehead atoms. The van der Waals surface area contributed by atoms with E-state index in [1.807, 2.05) is 36.4 Å². The van der Waals surface area contributed by atoms with Crippen molar-refractivity contribution in [1.29, 1.82) is 0 Å². The fourth-order valence-corrected chi connectivity index (χ4v) is 3.45. The number of alkyl halides is 3. The molecule has 0 spiro atoms. The summed E-state index contributed by atoms with van der Waals surface area (Å²) in [6.45, 7) is 3.78. The molecule has 3 aromatic rings. The molecule has 3 rings (SSSR count). The minimum absolute atomic E-state index is 0.0960. The van der Waals surface area contributed by atoms with Crippen LogP contribution in [0.1, 0.15) is 39.2 Å². The molecule has 0 saturated carbocycles. The van der Waals surface area contributed by atoms with Crippen LogP contribution in [-0.2, 0) is 22.5 Å². The Hall–Kier alpha value is -2.83. The summed E-state index contributed by atoms with van der Waals surface area (Å²) in [7, 11) is 0. The van der Waals surface area contributed by atoms with Crippen LogP contribution in [0.15, 0.2) is 48.5 Å². The summed E-state index contributed by atoms with van der Waals surface area (Å²) < 4.78 is 43.5. The molecule has 0 aliphatic heterocycles. The van der Waals surface area contributed by atoms with E-state index in [-0.39, 0.29) is 6.54 Å². The second-order valence-electron chi connectivity index (χ2n) is 8.40. The molecule has 7 heteroatoms. The molecular formula is C24H27F3N2O2. The van der Waals surface area contributed by atoms with Crippen molar-refractivity contribution in [2.75, 3.05) is 6.61 Å². The number of fused-ring (bicyclic) bond motifs is 1. The van der Waals surface area contributed by atoms with Crippen molar-refractivity contribution in [3.8, 4) is 11.3 Å². The van der Waals surface area contributed by atoms with Gasteiger partial charge in [-0.3, -0.25) is 9.48 Å². The number of halogens is 3. The SMILES string of the molecule is CCCCc1ccc(-c2nn(CC(C)(C)C(=O)OCC(F)(F)F)c3ccccc23)cc1. The second-order valence-corrected chi connectivity index (χ2v) is 8.40. The maximum atomic E-state index is 12.4. The van der Waals surface area contributed by atoms with Gasteiger partial charge < -0.3 is 4.74 Å². The molecule has 0 fully saturated rings. The first-order valence-corrected chi connectivity index (χ1v) is 10.4. The highest BCUT2D eigenvalue weighted by molar-refractivity contribution is 5.93. The van der Waals surface area contributed by atoms with Crippen molar-refractivity contribution in [3.63, 3.8) is 0 Å². The van der Waals surface area contributed by atoms with E-state index in [2.05, 4.69) is 23.8 Å². The monoisotopic (exact) mass is 432 g/mol.